The molecule has 2 heteroatoms. The first kappa shape index (κ1) is 11.4. The molecule has 14 heavy (non-hydrogen) atoms. The minimum atomic E-state index is 0.0462. The summed E-state index contributed by atoms with van der Waals surface area (Å²) in [6, 6.07) is 0.0462. The summed E-state index contributed by atoms with van der Waals surface area (Å²) in [7, 11) is 0. The van der Waals surface area contributed by atoms with Crippen molar-refractivity contribution in [2.24, 2.45) is 5.41 Å². The molecule has 1 saturated heterocycles. The number of ketones is 1. The standard InChI is InChI=1S/C12H21NO/c1-9-7-10(13-8-9)11(14)5-6-12(2,3)4/h10,13H,1,5-8H2,2-4H3/t10-/m0/s1. The first-order valence-electron chi connectivity index (χ1n) is 5.31. The molecule has 1 fully saturated rings. The lowest BCUT2D eigenvalue weighted by Gasteiger charge is -2.18. The minimum absolute atomic E-state index is 0.0462. The van der Waals surface area contributed by atoms with E-state index < -0.39 is 0 Å². The van der Waals surface area contributed by atoms with E-state index in [9.17, 15) is 4.79 Å². The van der Waals surface area contributed by atoms with Gasteiger partial charge in [-0.05, 0) is 18.3 Å². The molecule has 1 N–H and O–H groups in total. The molecule has 0 amide bonds. The van der Waals surface area contributed by atoms with E-state index in [2.05, 4.69) is 32.7 Å². The third-order valence-corrected chi connectivity index (χ3v) is 2.60. The van der Waals surface area contributed by atoms with Crippen molar-refractivity contribution in [2.45, 2.75) is 46.1 Å². The maximum absolute atomic E-state index is 11.7. The van der Waals surface area contributed by atoms with Crippen molar-refractivity contribution >= 4 is 5.78 Å². The van der Waals surface area contributed by atoms with Crippen LogP contribution in [0.4, 0.5) is 0 Å². The van der Waals surface area contributed by atoms with Crippen LogP contribution in [0.2, 0.25) is 0 Å². The Kier molecular flexibility index (Phi) is 3.48. The molecule has 1 aliphatic heterocycles. The molecule has 0 aromatic rings. The zero-order valence-corrected chi connectivity index (χ0v) is 9.52. The van der Waals surface area contributed by atoms with Gasteiger partial charge in [-0.25, -0.2) is 0 Å². The number of rotatable bonds is 3. The van der Waals surface area contributed by atoms with Gasteiger partial charge in [0.15, 0.2) is 0 Å². The third kappa shape index (κ3) is 3.62. The van der Waals surface area contributed by atoms with E-state index in [4.69, 9.17) is 0 Å². The van der Waals surface area contributed by atoms with Gasteiger partial charge in [-0.3, -0.25) is 4.79 Å². The highest BCUT2D eigenvalue weighted by molar-refractivity contribution is 5.84. The first-order chi connectivity index (χ1) is 6.38. The Morgan fingerprint density at radius 2 is 2.21 bits per heavy atom. The monoisotopic (exact) mass is 195 g/mol. The fourth-order valence-corrected chi connectivity index (χ4v) is 1.60. The summed E-state index contributed by atoms with van der Waals surface area (Å²) in [5.74, 6) is 0.346. The zero-order valence-electron chi connectivity index (χ0n) is 9.52. The highest BCUT2D eigenvalue weighted by atomic mass is 16.1. The van der Waals surface area contributed by atoms with Crippen LogP contribution in [-0.2, 0) is 4.79 Å². The van der Waals surface area contributed by atoms with E-state index in [1.807, 2.05) is 0 Å². The molecule has 2 nitrogen and oxygen atoms in total. The molecule has 1 heterocycles. The zero-order chi connectivity index (χ0) is 10.8. The molecule has 0 aromatic heterocycles. The maximum atomic E-state index is 11.7. The Balaban J connectivity index is 2.32. The average Bonchev–Trinajstić information content (AvgIpc) is 2.46. The quantitative estimate of drug-likeness (QED) is 0.700. The van der Waals surface area contributed by atoms with Gasteiger partial charge in [0, 0.05) is 13.0 Å². The summed E-state index contributed by atoms with van der Waals surface area (Å²) in [6.07, 6.45) is 2.49. The summed E-state index contributed by atoms with van der Waals surface area (Å²) in [4.78, 5) is 11.7. The van der Waals surface area contributed by atoms with E-state index in [1.54, 1.807) is 0 Å². The fourth-order valence-electron chi connectivity index (χ4n) is 1.60. The summed E-state index contributed by atoms with van der Waals surface area (Å²) in [6.45, 7) is 11.2. The average molecular weight is 195 g/mol. The van der Waals surface area contributed by atoms with Gasteiger partial charge in [0.1, 0.15) is 5.78 Å². The number of carbonyl (C=O) groups excluding carboxylic acids is 1. The van der Waals surface area contributed by atoms with Crippen molar-refractivity contribution in [3.63, 3.8) is 0 Å². The van der Waals surface area contributed by atoms with Crippen LogP contribution >= 0.6 is 0 Å². The predicted molar refractivity (Wildman–Crippen MR) is 59.2 cm³/mol. The fraction of sp³-hybridized carbons (Fsp3) is 0.750. The van der Waals surface area contributed by atoms with Gasteiger partial charge in [0.2, 0.25) is 0 Å². The summed E-state index contributed by atoms with van der Waals surface area (Å²) < 4.78 is 0. The Bertz CT molecular complexity index is 237. The van der Waals surface area contributed by atoms with Crippen LogP contribution in [0.5, 0.6) is 0 Å². The Labute approximate surface area is 86.8 Å². The van der Waals surface area contributed by atoms with E-state index >= 15 is 0 Å². The SMILES string of the molecule is C=C1CN[C@H](C(=O)CCC(C)(C)C)C1. The Hall–Kier alpha value is -0.630. The van der Waals surface area contributed by atoms with Gasteiger partial charge in [0.05, 0.1) is 6.04 Å². The number of nitrogens with one attached hydrogen (secondary N) is 1. The van der Waals surface area contributed by atoms with Gasteiger partial charge in [-0.2, -0.15) is 0 Å². The van der Waals surface area contributed by atoms with Gasteiger partial charge >= 0.3 is 0 Å². The number of hydrogen-bond donors (Lipinski definition) is 1. The molecule has 0 saturated carbocycles. The second kappa shape index (κ2) is 4.26. The smallest absolute Gasteiger partial charge is 0.150 e. The highest BCUT2D eigenvalue weighted by Gasteiger charge is 2.24. The highest BCUT2D eigenvalue weighted by Crippen LogP contribution is 2.22. The summed E-state index contributed by atoms with van der Waals surface area (Å²) in [5, 5.41) is 3.19. The minimum Gasteiger partial charge on any atom is -0.303 e. The van der Waals surface area contributed by atoms with Gasteiger partial charge < -0.3 is 5.32 Å². The molecule has 1 aliphatic rings. The largest absolute Gasteiger partial charge is 0.303 e. The topological polar surface area (TPSA) is 29.1 Å². The molecule has 0 bridgehead atoms. The van der Waals surface area contributed by atoms with Gasteiger partial charge in [-0.15, -0.1) is 0 Å². The first-order valence-corrected chi connectivity index (χ1v) is 5.31. The van der Waals surface area contributed by atoms with Crippen LogP contribution < -0.4 is 5.32 Å². The van der Waals surface area contributed by atoms with Crippen LogP contribution in [0.15, 0.2) is 12.2 Å². The van der Waals surface area contributed by atoms with Crippen molar-refractivity contribution < 1.29 is 4.79 Å². The lowest BCUT2D eigenvalue weighted by atomic mass is 9.88. The second-order valence-corrected chi connectivity index (χ2v) is 5.41. The van der Waals surface area contributed by atoms with Gasteiger partial charge in [0.25, 0.3) is 0 Å². The molecule has 0 radical (unpaired) electrons. The van der Waals surface area contributed by atoms with Crippen LogP contribution in [0, 0.1) is 5.41 Å². The molecule has 0 spiro atoms. The normalized spacial score (nSPS) is 22.8. The lowest BCUT2D eigenvalue weighted by Crippen LogP contribution is -2.31. The molecular weight excluding hydrogens is 174 g/mol. The summed E-state index contributed by atoms with van der Waals surface area (Å²) in [5.41, 5.74) is 1.41. The van der Waals surface area contributed by atoms with E-state index in [0.717, 1.165) is 25.0 Å². The van der Waals surface area contributed by atoms with Crippen LogP contribution in [0.25, 0.3) is 0 Å². The molecule has 0 unspecified atom stereocenters. The number of carbonyl (C=O) groups is 1. The lowest BCUT2D eigenvalue weighted by molar-refractivity contribution is -0.121. The van der Waals surface area contributed by atoms with E-state index in [1.165, 1.54) is 0 Å². The molecule has 0 aromatic carbocycles. The Morgan fingerprint density at radius 3 is 2.64 bits per heavy atom. The van der Waals surface area contributed by atoms with Crippen molar-refractivity contribution in [1.82, 2.24) is 5.32 Å². The van der Waals surface area contributed by atoms with Crippen molar-refractivity contribution in [3.05, 3.63) is 12.2 Å². The van der Waals surface area contributed by atoms with Crippen molar-refractivity contribution in [3.8, 4) is 0 Å². The van der Waals surface area contributed by atoms with Crippen molar-refractivity contribution in [2.75, 3.05) is 6.54 Å². The van der Waals surface area contributed by atoms with Crippen LogP contribution in [0.1, 0.15) is 40.0 Å². The number of Topliss-reactive ketones (excluding diaryl/α,β-unsaturated/α-hetero) is 1. The van der Waals surface area contributed by atoms with Crippen molar-refractivity contribution in [1.29, 1.82) is 0 Å². The summed E-state index contributed by atoms with van der Waals surface area (Å²) >= 11 is 0. The van der Waals surface area contributed by atoms with Crippen LogP contribution in [0.3, 0.4) is 0 Å². The predicted octanol–water partition coefficient (Wildman–Crippen LogP) is 2.30. The maximum Gasteiger partial charge on any atom is 0.150 e. The van der Waals surface area contributed by atoms with Crippen LogP contribution in [-0.4, -0.2) is 18.4 Å². The molecular formula is C12H21NO. The molecule has 1 rings (SSSR count). The van der Waals surface area contributed by atoms with Gasteiger partial charge in [-0.1, -0.05) is 32.9 Å². The second-order valence-electron chi connectivity index (χ2n) is 5.41. The third-order valence-electron chi connectivity index (χ3n) is 2.60. The van der Waals surface area contributed by atoms with E-state index in [-0.39, 0.29) is 11.5 Å². The molecule has 0 aliphatic carbocycles. The molecule has 1 atom stereocenters. The Morgan fingerprint density at radius 1 is 1.57 bits per heavy atom. The molecule has 80 valence electrons. The van der Waals surface area contributed by atoms with E-state index in [0.29, 0.717) is 12.2 Å². The number of hydrogen-bond acceptors (Lipinski definition) is 2.